The Bertz CT molecular complexity index is 901. The molecule has 2 rings (SSSR count). The van der Waals surface area contributed by atoms with Crippen LogP contribution in [-0.4, -0.2) is 46.2 Å². The molecule has 0 saturated carbocycles. The number of hydrogen-bond acceptors (Lipinski definition) is 6. The van der Waals surface area contributed by atoms with Gasteiger partial charge in [-0.25, -0.2) is 13.1 Å². The van der Waals surface area contributed by atoms with Gasteiger partial charge in [0.05, 0.1) is 6.20 Å². The van der Waals surface area contributed by atoms with Crippen molar-refractivity contribution in [3.8, 4) is 5.88 Å². The third-order valence-electron chi connectivity index (χ3n) is 3.66. The first-order valence-electron chi connectivity index (χ1n) is 7.06. The smallest absolute Gasteiger partial charge is 0.220 e. The highest BCUT2D eigenvalue weighted by Gasteiger charge is 2.28. The minimum Gasteiger partial charge on any atom is -0.612 e. The lowest BCUT2D eigenvalue weighted by molar-refractivity contribution is 0.103. The SMILES string of the molecule is CCn1ncc(C(=O)c2ccc(S(C)(=O)=O)c([S+](C)[O-])c2C)c1O. The summed E-state index contributed by atoms with van der Waals surface area (Å²) in [6.07, 6.45) is 3.64. The molecule has 0 fully saturated rings. The van der Waals surface area contributed by atoms with Crippen LogP contribution in [0.3, 0.4) is 0 Å². The van der Waals surface area contributed by atoms with Gasteiger partial charge in [0.15, 0.2) is 14.7 Å². The van der Waals surface area contributed by atoms with Crippen molar-refractivity contribution in [2.24, 2.45) is 0 Å². The summed E-state index contributed by atoms with van der Waals surface area (Å²) in [5, 5.41) is 14.0. The first kappa shape index (κ1) is 18.5. The summed E-state index contributed by atoms with van der Waals surface area (Å²) in [4.78, 5) is 12.7. The van der Waals surface area contributed by atoms with Crippen molar-refractivity contribution in [2.45, 2.75) is 30.2 Å². The maximum Gasteiger partial charge on any atom is 0.220 e. The molecule has 0 amide bonds. The summed E-state index contributed by atoms with van der Waals surface area (Å²) in [6.45, 7) is 3.71. The molecule has 0 spiro atoms. The van der Waals surface area contributed by atoms with E-state index in [0.29, 0.717) is 12.1 Å². The zero-order valence-corrected chi connectivity index (χ0v) is 15.4. The molecule has 0 radical (unpaired) electrons. The Labute approximate surface area is 143 Å². The second-order valence-corrected chi connectivity index (χ2v) is 8.62. The quantitative estimate of drug-likeness (QED) is 0.627. The van der Waals surface area contributed by atoms with Gasteiger partial charge in [0.2, 0.25) is 11.7 Å². The van der Waals surface area contributed by atoms with Crippen LogP contribution in [0.5, 0.6) is 5.88 Å². The summed E-state index contributed by atoms with van der Waals surface area (Å²) in [7, 11) is -3.59. The molecule has 0 bridgehead atoms. The molecule has 9 heteroatoms. The summed E-state index contributed by atoms with van der Waals surface area (Å²) < 4.78 is 37.1. The highest BCUT2D eigenvalue weighted by Crippen LogP contribution is 2.30. The Morgan fingerprint density at radius 1 is 1.38 bits per heavy atom. The van der Waals surface area contributed by atoms with Gasteiger partial charge < -0.3 is 9.66 Å². The molecule has 1 atom stereocenters. The average Bonchev–Trinajstić information content (AvgIpc) is 2.85. The Morgan fingerprint density at radius 3 is 2.46 bits per heavy atom. The number of aryl methyl sites for hydroxylation is 1. The zero-order valence-electron chi connectivity index (χ0n) is 13.7. The Balaban J connectivity index is 2.66. The monoisotopic (exact) mass is 370 g/mol. The van der Waals surface area contributed by atoms with Crippen molar-refractivity contribution >= 4 is 26.8 Å². The molecule has 7 nitrogen and oxygen atoms in total. The van der Waals surface area contributed by atoms with Gasteiger partial charge in [-0.2, -0.15) is 5.10 Å². The van der Waals surface area contributed by atoms with Crippen LogP contribution >= 0.6 is 0 Å². The second kappa shape index (κ2) is 6.58. The number of benzene rings is 1. The highest BCUT2D eigenvalue weighted by atomic mass is 32.2. The minimum atomic E-state index is -3.59. The van der Waals surface area contributed by atoms with E-state index in [1.54, 1.807) is 13.8 Å². The fraction of sp³-hybridized carbons (Fsp3) is 0.333. The Morgan fingerprint density at radius 2 is 2.00 bits per heavy atom. The van der Waals surface area contributed by atoms with Gasteiger partial charge in [-0.1, -0.05) is 0 Å². The molecule has 0 aliphatic carbocycles. The molecule has 2 aromatic rings. The molecule has 1 unspecified atom stereocenters. The van der Waals surface area contributed by atoms with Gasteiger partial charge in [0.1, 0.15) is 16.7 Å². The maximum atomic E-state index is 12.7. The lowest BCUT2D eigenvalue weighted by Gasteiger charge is -2.14. The first-order chi connectivity index (χ1) is 11.1. The van der Waals surface area contributed by atoms with Gasteiger partial charge in [-0.3, -0.25) is 4.79 Å². The van der Waals surface area contributed by atoms with Crippen molar-refractivity contribution in [3.63, 3.8) is 0 Å². The third-order valence-corrected chi connectivity index (χ3v) is 6.03. The number of nitrogens with zero attached hydrogens (tertiary/aromatic N) is 2. The van der Waals surface area contributed by atoms with E-state index in [4.69, 9.17) is 0 Å². The van der Waals surface area contributed by atoms with Crippen LogP contribution < -0.4 is 0 Å². The summed E-state index contributed by atoms with van der Waals surface area (Å²) in [5.41, 5.74) is 0.505. The molecule has 1 aromatic carbocycles. The van der Waals surface area contributed by atoms with Gasteiger partial charge in [-0.05, 0) is 37.2 Å². The third kappa shape index (κ3) is 3.19. The van der Waals surface area contributed by atoms with Crippen LogP contribution in [0.2, 0.25) is 0 Å². The highest BCUT2D eigenvalue weighted by molar-refractivity contribution is 7.93. The molecule has 0 aliphatic rings. The number of carbonyl (C=O) groups is 1. The molecule has 1 heterocycles. The molecule has 130 valence electrons. The number of rotatable bonds is 5. The fourth-order valence-corrected chi connectivity index (χ4v) is 4.98. The Hall–Kier alpha value is -1.84. The summed E-state index contributed by atoms with van der Waals surface area (Å²) >= 11 is -1.60. The largest absolute Gasteiger partial charge is 0.612 e. The van der Waals surface area contributed by atoms with Gasteiger partial charge in [0, 0.05) is 23.9 Å². The van der Waals surface area contributed by atoms with Crippen molar-refractivity contribution in [3.05, 3.63) is 35.0 Å². The lowest BCUT2D eigenvalue weighted by atomic mass is 10.0. The van der Waals surface area contributed by atoms with Crippen LogP contribution in [0, 0.1) is 6.92 Å². The van der Waals surface area contributed by atoms with Gasteiger partial charge >= 0.3 is 0 Å². The van der Waals surface area contributed by atoms with Crippen molar-refractivity contribution in [1.82, 2.24) is 9.78 Å². The van der Waals surface area contributed by atoms with Crippen LogP contribution in [0.4, 0.5) is 0 Å². The minimum absolute atomic E-state index is 0.0138. The number of sulfone groups is 1. The predicted octanol–water partition coefficient (Wildman–Crippen LogP) is 1.29. The summed E-state index contributed by atoms with van der Waals surface area (Å²) in [6, 6.07) is 2.64. The average molecular weight is 370 g/mol. The number of ketones is 1. The van der Waals surface area contributed by atoms with E-state index in [-0.39, 0.29) is 26.8 Å². The molecule has 0 aliphatic heterocycles. The topological polar surface area (TPSA) is 112 Å². The first-order valence-corrected chi connectivity index (χ1v) is 10.5. The Kier molecular flexibility index (Phi) is 5.07. The summed E-state index contributed by atoms with van der Waals surface area (Å²) in [5.74, 6) is -0.760. The van der Waals surface area contributed by atoms with E-state index in [9.17, 15) is 22.9 Å². The number of aromatic nitrogens is 2. The van der Waals surface area contributed by atoms with Crippen molar-refractivity contribution in [1.29, 1.82) is 0 Å². The molecule has 0 saturated heterocycles. The van der Waals surface area contributed by atoms with E-state index in [1.165, 1.54) is 29.3 Å². The van der Waals surface area contributed by atoms with Gasteiger partial charge in [-0.15, -0.1) is 0 Å². The molecular weight excluding hydrogens is 352 g/mol. The number of aromatic hydroxyl groups is 1. The van der Waals surface area contributed by atoms with Gasteiger partial charge in [0.25, 0.3) is 0 Å². The number of hydrogen-bond donors (Lipinski definition) is 1. The van der Waals surface area contributed by atoms with E-state index in [1.807, 2.05) is 0 Å². The van der Waals surface area contributed by atoms with Crippen molar-refractivity contribution in [2.75, 3.05) is 12.5 Å². The second-order valence-electron chi connectivity index (χ2n) is 5.32. The lowest BCUT2D eigenvalue weighted by Crippen LogP contribution is -2.13. The molecule has 1 aromatic heterocycles. The van der Waals surface area contributed by atoms with Crippen LogP contribution in [0.1, 0.15) is 28.4 Å². The van der Waals surface area contributed by atoms with E-state index in [2.05, 4.69) is 5.10 Å². The van der Waals surface area contributed by atoms with Crippen LogP contribution in [-0.2, 0) is 27.6 Å². The molecule has 24 heavy (non-hydrogen) atoms. The van der Waals surface area contributed by atoms with E-state index in [0.717, 1.165) is 6.26 Å². The standard InChI is InChI=1S/C15H18N2O5S2/c1-5-17-15(19)11(8-16-17)13(18)10-6-7-12(24(4,21)22)14(9(10)2)23(3)20/h6-8,19H,5H2,1-4H3. The van der Waals surface area contributed by atoms with Crippen LogP contribution in [0.25, 0.3) is 0 Å². The van der Waals surface area contributed by atoms with E-state index < -0.39 is 26.8 Å². The normalized spacial score (nSPS) is 13.0. The predicted molar refractivity (Wildman–Crippen MR) is 89.6 cm³/mol. The molecule has 1 N–H and O–H groups in total. The fourth-order valence-electron chi connectivity index (χ4n) is 2.48. The van der Waals surface area contributed by atoms with Crippen molar-refractivity contribution < 1.29 is 22.9 Å². The molecular formula is C15H18N2O5S2. The van der Waals surface area contributed by atoms with E-state index >= 15 is 0 Å². The number of carbonyl (C=O) groups excluding carboxylic acids is 1. The zero-order chi connectivity index (χ0) is 18.2. The van der Waals surface area contributed by atoms with Crippen LogP contribution in [0.15, 0.2) is 28.1 Å². The maximum absolute atomic E-state index is 12.7.